The molecule has 0 spiro atoms. The summed E-state index contributed by atoms with van der Waals surface area (Å²) in [6, 6.07) is 0.884. The highest BCUT2D eigenvalue weighted by Gasteiger charge is 2.34. The summed E-state index contributed by atoms with van der Waals surface area (Å²) in [5, 5.41) is 5.07. The second-order valence-electron chi connectivity index (χ2n) is 4.82. The zero-order chi connectivity index (χ0) is 11.0. The third-order valence-electron chi connectivity index (χ3n) is 3.72. The number of rotatable bonds is 1. The van der Waals surface area contributed by atoms with Crippen LogP contribution in [0.25, 0.3) is 0 Å². The van der Waals surface area contributed by atoms with E-state index in [-0.39, 0.29) is 11.9 Å². The molecule has 16 heavy (non-hydrogen) atoms. The highest BCUT2D eigenvalue weighted by molar-refractivity contribution is 5.94. The molecule has 3 aliphatic rings. The molecule has 3 heterocycles. The molecule has 1 unspecified atom stereocenters. The molecule has 0 aliphatic carbocycles. The van der Waals surface area contributed by atoms with Crippen LogP contribution in [0.5, 0.6) is 0 Å². The van der Waals surface area contributed by atoms with E-state index in [1.807, 2.05) is 0 Å². The summed E-state index contributed by atoms with van der Waals surface area (Å²) in [5.41, 5.74) is 0.932. The van der Waals surface area contributed by atoms with Crippen LogP contribution in [0, 0.1) is 0 Å². The van der Waals surface area contributed by atoms with Crippen LogP contribution in [0.2, 0.25) is 0 Å². The number of fused-ring (bicyclic) bond motifs is 2. The van der Waals surface area contributed by atoms with Gasteiger partial charge in [0.2, 0.25) is 0 Å². The largest absolute Gasteiger partial charge is 0.307 e. The topological polar surface area (TPSA) is 41.6 Å². The number of hydrogen-bond donors (Lipinski definition) is 1. The number of carbonyl (C=O) groups excluding carboxylic acids is 1. The molecule has 88 valence electrons. The number of allylic oxidation sites excluding steroid dienone is 1. The van der Waals surface area contributed by atoms with Gasteiger partial charge in [-0.1, -0.05) is 6.08 Å². The first-order valence-electron chi connectivity index (χ1n) is 6.25. The quantitative estimate of drug-likeness (QED) is 0.719. The van der Waals surface area contributed by atoms with Gasteiger partial charge in [0.1, 0.15) is 0 Å². The summed E-state index contributed by atoms with van der Waals surface area (Å²) < 4.78 is 0. The van der Waals surface area contributed by atoms with E-state index in [0.717, 1.165) is 37.8 Å². The summed E-state index contributed by atoms with van der Waals surface area (Å²) in [6.45, 7) is 1.42. The lowest BCUT2D eigenvalue weighted by Gasteiger charge is -2.19. The van der Waals surface area contributed by atoms with Crippen LogP contribution in [0.4, 0.5) is 0 Å². The standard InChI is InChI=1S/C12H18N2O2/c15-12(14-7-2-8-16-14)10-4-1-3-9-5-6-11(10)13-9/h4,9,11,13H,1-3,5-8H2/t9?,11-/m1/s1. The Balaban J connectivity index is 1.76. The van der Waals surface area contributed by atoms with Crippen molar-refractivity contribution >= 4 is 5.91 Å². The van der Waals surface area contributed by atoms with Crippen molar-refractivity contribution in [3.63, 3.8) is 0 Å². The number of amides is 1. The zero-order valence-corrected chi connectivity index (χ0v) is 9.45. The molecule has 4 nitrogen and oxygen atoms in total. The van der Waals surface area contributed by atoms with Gasteiger partial charge in [-0.05, 0) is 32.1 Å². The third-order valence-corrected chi connectivity index (χ3v) is 3.72. The monoisotopic (exact) mass is 222 g/mol. The number of carbonyl (C=O) groups is 1. The maximum Gasteiger partial charge on any atom is 0.274 e. The van der Waals surface area contributed by atoms with Crippen LogP contribution in [-0.2, 0) is 9.63 Å². The van der Waals surface area contributed by atoms with E-state index in [2.05, 4.69) is 11.4 Å². The second-order valence-corrected chi connectivity index (χ2v) is 4.82. The van der Waals surface area contributed by atoms with Gasteiger partial charge in [0.25, 0.3) is 5.91 Å². The lowest BCUT2D eigenvalue weighted by molar-refractivity contribution is -0.164. The van der Waals surface area contributed by atoms with Gasteiger partial charge in [-0.3, -0.25) is 9.63 Å². The number of nitrogens with one attached hydrogen (secondary N) is 1. The summed E-state index contributed by atoms with van der Waals surface area (Å²) in [6.07, 6.45) is 7.55. The average Bonchev–Trinajstić information content (AvgIpc) is 2.87. The highest BCUT2D eigenvalue weighted by Crippen LogP contribution is 2.27. The van der Waals surface area contributed by atoms with E-state index in [0.29, 0.717) is 12.6 Å². The van der Waals surface area contributed by atoms with Gasteiger partial charge in [-0.2, -0.15) is 0 Å². The van der Waals surface area contributed by atoms with Gasteiger partial charge in [0.15, 0.2) is 0 Å². The first-order valence-corrected chi connectivity index (χ1v) is 6.25. The normalized spacial score (nSPS) is 33.8. The Kier molecular flexibility index (Phi) is 2.69. The van der Waals surface area contributed by atoms with Crippen LogP contribution < -0.4 is 5.32 Å². The molecule has 0 aromatic heterocycles. The maximum absolute atomic E-state index is 12.2. The Morgan fingerprint density at radius 1 is 1.44 bits per heavy atom. The highest BCUT2D eigenvalue weighted by atomic mass is 16.7. The van der Waals surface area contributed by atoms with E-state index >= 15 is 0 Å². The van der Waals surface area contributed by atoms with E-state index in [1.165, 1.54) is 11.5 Å². The average molecular weight is 222 g/mol. The van der Waals surface area contributed by atoms with Crippen LogP contribution in [-0.4, -0.2) is 36.2 Å². The predicted molar refractivity (Wildman–Crippen MR) is 59.5 cm³/mol. The molecule has 2 fully saturated rings. The molecule has 3 rings (SSSR count). The fourth-order valence-corrected chi connectivity index (χ4v) is 2.86. The lowest BCUT2D eigenvalue weighted by atomic mass is 9.99. The maximum atomic E-state index is 12.2. The van der Waals surface area contributed by atoms with Crippen LogP contribution in [0.15, 0.2) is 11.6 Å². The molecule has 0 aromatic carbocycles. The van der Waals surface area contributed by atoms with Gasteiger partial charge < -0.3 is 5.32 Å². The molecule has 4 heteroatoms. The molecule has 3 aliphatic heterocycles. The van der Waals surface area contributed by atoms with E-state index in [4.69, 9.17) is 4.84 Å². The van der Waals surface area contributed by atoms with Gasteiger partial charge in [0.05, 0.1) is 13.2 Å². The molecule has 0 saturated carbocycles. The van der Waals surface area contributed by atoms with E-state index in [9.17, 15) is 4.79 Å². The molecule has 2 atom stereocenters. The molecule has 2 bridgehead atoms. The van der Waals surface area contributed by atoms with Crippen molar-refractivity contribution in [1.29, 1.82) is 0 Å². The Morgan fingerprint density at radius 3 is 3.19 bits per heavy atom. The first kappa shape index (κ1) is 10.3. The SMILES string of the molecule is O=C(C1=CCCC2CC[C@H]1N2)N1CCCO1. The first-order chi connectivity index (χ1) is 7.84. The van der Waals surface area contributed by atoms with Crippen molar-refractivity contribution in [2.75, 3.05) is 13.2 Å². The minimum atomic E-state index is 0.0811. The Morgan fingerprint density at radius 2 is 2.38 bits per heavy atom. The second kappa shape index (κ2) is 4.18. The van der Waals surface area contributed by atoms with Crippen LogP contribution >= 0.6 is 0 Å². The molecular weight excluding hydrogens is 204 g/mol. The van der Waals surface area contributed by atoms with Crippen molar-refractivity contribution in [2.24, 2.45) is 0 Å². The molecule has 0 radical (unpaired) electrons. The van der Waals surface area contributed by atoms with E-state index < -0.39 is 0 Å². The Bertz CT molecular complexity index is 321. The fourth-order valence-electron chi connectivity index (χ4n) is 2.86. The van der Waals surface area contributed by atoms with E-state index in [1.54, 1.807) is 0 Å². The van der Waals surface area contributed by atoms with Gasteiger partial charge in [-0.15, -0.1) is 0 Å². The van der Waals surface area contributed by atoms with Crippen molar-refractivity contribution in [1.82, 2.24) is 10.4 Å². The van der Waals surface area contributed by atoms with Crippen molar-refractivity contribution < 1.29 is 9.63 Å². The fraction of sp³-hybridized carbons (Fsp3) is 0.750. The van der Waals surface area contributed by atoms with Gasteiger partial charge >= 0.3 is 0 Å². The Hall–Kier alpha value is -0.870. The molecule has 2 saturated heterocycles. The Labute approximate surface area is 95.6 Å². The van der Waals surface area contributed by atoms with Crippen LogP contribution in [0.1, 0.15) is 32.1 Å². The minimum absolute atomic E-state index is 0.0811. The lowest BCUT2D eigenvalue weighted by Crippen LogP contribution is -2.37. The summed E-state index contributed by atoms with van der Waals surface area (Å²) in [7, 11) is 0. The van der Waals surface area contributed by atoms with Crippen molar-refractivity contribution in [3.05, 3.63) is 11.6 Å². The summed E-state index contributed by atoms with van der Waals surface area (Å²) in [4.78, 5) is 17.6. The number of hydroxylamine groups is 2. The molecule has 1 N–H and O–H groups in total. The summed E-state index contributed by atoms with van der Waals surface area (Å²) >= 11 is 0. The predicted octanol–water partition coefficient (Wildman–Crippen LogP) is 0.991. The van der Waals surface area contributed by atoms with Crippen LogP contribution in [0.3, 0.4) is 0 Å². The zero-order valence-electron chi connectivity index (χ0n) is 9.45. The molecule has 0 aromatic rings. The van der Waals surface area contributed by atoms with Gasteiger partial charge in [0, 0.05) is 17.7 Å². The third kappa shape index (κ3) is 1.76. The number of nitrogens with zero attached hydrogens (tertiary/aromatic N) is 1. The van der Waals surface area contributed by atoms with Crippen molar-refractivity contribution in [3.8, 4) is 0 Å². The molecule has 1 amide bonds. The molecular formula is C12H18N2O2. The summed E-state index contributed by atoms with van der Waals surface area (Å²) in [5.74, 6) is 0.0811. The van der Waals surface area contributed by atoms with Gasteiger partial charge in [-0.25, -0.2) is 5.06 Å². The number of hydrogen-bond acceptors (Lipinski definition) is 3. The van der Waals surface area contributed by atoms with Crippen molar-refractivity contribution in [2.45, 2.75) is 44.2 Å². The smallest absolute Gasteiger partial charge is 0.274 e. The minimum Gasteiger partial charge on any atom is -0.307 e.